The van der Waals surface area contributed by atoms with Gasteiger partial charge in [-0.2, -0.15) is 5.10 Å². The number of carbonyl (C=O) groups is 1. The van der Waals surface area contributed by atoms with Gasteiger partial charge >= 0.3 is 5.97 Å². The van der Waals surface area contributed by atoms with E-state index in [-0.39, 0.29) is 12.1 Å². The normalized spacial score (nSPS) is 27.0. The SMILES string of the molecule is COc1ccc2[nH]nc(C(=O)O[C@@H]3CN4CCC3CC4)c2c1. The fourth-order valence-corrected chi connectivity index (χ4v) is 3.51. The van der Waals surface area contributed by atoms with Gasteiger partial charge in [-0.3, -0.25) is 10.00 Å². The van der Waals surface area contributed by atoms with Crippen molar-refractivity contribution in [1.29, 1.82) is 0 Å². The van der Waals surface area contributed by atoms with E-state index in [0.717, 1.165) is 43.4 Å². The van der Waals surface area contributed by atoms with Gasteiger partial charge in [0, 0.05) is 11.9 Å². The van der Waals surface area contributed by atoms with Crippen LogP contribution in [0, 0.1) is 5.92 Å². The number of nitrogens with one attached hydrogen (secondary N) is 1. The van der Waals surface area contributed by atoms with Crippen LogP contribution in [-0.4, -0.2) is 53.9 Å². The van der Waals surface area contributed by atoms with Crippen molar-refractivity contribution in [1.82, 2.24) is 15.1 Å². The van der Waals surface area contributed by atoms with Gasteiger partial charge < -0.3 is 9.47 Å². The molecule has 4 heterocycles. The molecule has 22 heavy (non-hydrogen) atoms. The van der Waals surface area contributed by atoms with Crippen molar-refractivity contribution in [3.05, 3.63) is 23.9 Å². The molecule has 3 saturated heterocycles. The number of methoxy groups -OCH3 is 1. The fourth-order valence-electron chi connectivity index (χ4n) is 3.51. The van der Waals surface area contributed by atoms with Crippen molar-refractivity contribution < 1.29 is 14.3 Å². The lowest BCUT2D eigenvalue weighted by molar-refractivity contribution is -0.0458. The molecule has 3 aliphatic heterocycles. The van der Waals surface area contributed by atoms with Crippen molar-refractivity contribution in [2.45, 2.75) is 18.9 Å². The predicted molar refractivity (Wildman–Crippen MR) is 81.0 cm³/mol. The number of benzene rings is 1. The molecule has 0 amide bonds. The Kier molecular flexibility index (Phi) is 3.26. The molecular formula is C16H19N3O3. The first kappa shape index (κ1) is 13.6. The molecule has 0 aliphatic carbocycles. The maximum Gasteiger partial charge on any atom is 0.359 e. The Morgan fingerprint density at radius 1 is 1.36 bits per heavy atom. The average Bonchev–Trinajstić information content (AvgIpc) is 2.99. The zero-order chi connectivity index (χ0) is 15.1. The molecule has 1 aromatic heterocycles. The summed E-state index contributed by atoms with van der Waals surface area (Å²) in [6.07, 6.45) is 2.23. The first-order valence-electron chi connectivity index (χ1n) is 7.70. The number of aromatic amines is 1. The molecule has 116 valence electrons. The van der Waals surface area contributed by atoms with Crippen LogP contribution < -0.4 is 4.74 Å². The van der Waals surface area contributed by atoms with Crippen LogP contribution in [0.4, 0.5) is 0 Å². The molecular weight excluding hydrogens is 282 g/mol. The van der Waals surface area contributed by atoms with Crippen molar-refractivity contribution >= 4 is 16.9 Å². The summed E-state index contributed by atoms with van der Waals surface area (Å²) >= 11 is 0. The summed E-state index contributed by atoms with van der Waals surface area (Å²) in [6.45, 7) is 3.10. The van der Waals surface area contributed by atoms with Crippen LogP contribution in [0.15, 0.2) is 18.2 Å². The van der Waals surface area contributed by atoms with E-state index in [1.165, 1.54) is 0 Å². The monoisotopic (exact) mass is 301 g/mol. The van der Waals surface area contributed by atoms with E-state index >= 15 is 0 Å². The second-order valence-corrected chi connectivity index (χ2v) is 6.07. The molecule has 5 rings (SSSR count). The van der Waals surface area contributed by atoms with E-state index < -0.39 is 0 Å². The van der Waals surface area contributed by atoms with E-state index in [2.05, 4.69) is 15.1 Å². The second-order valence-electron chi connectivity index (χ2n) is 6.07. The predicted octanol–water partition coefficient (Wildman–Crippen LogP) is 1.82. The molecule has 2 aromatic rings. The summed E-state index contributed by atoms with van der Waals surface area (Å²) in [7, 11) is 1.60. The third-order valence-electron chi connectivity index (χ3n) is 4.82. The molecule has 3 fully saturated rings. The van der Waals surface area contributed by atoms with E-state index in [9.17, 15) is 4.79 Å². The van der Waals surface area contributed by atoms with Crippen LogP contribution >= 0.6 is 0 Å². The number of H-pyrrole nitrogens is 1. The Balaban J connectivity index is 1.57. The number of fused-ring (bicyclic) bond motifs is 4. The van der Waals surface area contributed by atoms with Gasteiger partial charge in [0.2, 0.25) is 0 Å². The zero-order valence-corrected chi connectivity index (χ0v) is 12.5. The Morgan fingerprint density at radius 2 is 2.18 bits per heavy atom. The van der Waals surface area contributed by atoms with Crippen LogP contribution in [0.1, 0.15) is 23.3 Å². The van der Waals surface area contributed by atoms with E-state index in [1.54, 1.807) is 7.11 Å². The number of hydrogen-bond acceptors (Lipinski definition) is 5. The molecule has 1 aromatic carbocycles. The van der Waals surface area contributed by atoms with Gasteiger partial charge in [-0.1, -0.05) is 0 Å². The standard InChI is InChI=1S/C16H19N3O3/c1-21-11-2-3-13-12(8-11)15(18-17-13)16(20)22-14-9-19-6-4-10(14)5-7-19/h2-3,8,10,14H,4-7,9H2,1H3,(H,17,18)/t14-/m1/s1. The Labute approximate surface area is 128 Å². The summed E-state index contributed by atoms with van der Waals surface area (Å²) < 4.78 is 11.0. The smallest absolute Gasteiger partial charge is 0.359 e. The van der Waals surface area contributed by atoms with Gasteiger partial charge in [-0.05, 0) is 50.0 Å². The molecule has 0 radical (unpaired) electrons. The van der Waals surface area contributed by atoms with Crippen molar-refractivity contribution in [2.75, 3.05) is 26.7 Å². The highest BCUT2D eigenvalue weighted by Gasteiger charge is 2.37. The summed E-state index contributed by atoms with van der Waals surface area (Å²) in [5.74, 6) is 0.845. The number of piperidine rings is 3. The molecule has 6 nitrogen and oxygen atoms in total. The molecule has 0 spiro atoms. The second kappa shape index (κ2) is 5.28. The zero-order valence-electron chi connectivity index (χ0n) is 12.5. The highest BCUT2D eigenvalue weighted by molar-refractivity contribution is 6.02. The summed E-state index contributed by atoms with van der Waals surface area (Å²) in [5, 5.41) is 7.75. The summed E-state index contributed by atoms with van der Waals surface area (Å²) in [4.78, 5) is 14.9. The Bertz CT molecular complexity index is 704. The lowest BCUT2D eigenvalue weighted by Gasteiger charge is -2.43. The number of carbonyl (C=O) groups excluding carboxylic acids is 1. The topological polar surface area (TPSA) is 67.4 Å². The molecule has 2 bridgehead atoms. The number of ether oxygens (including phenoxy) is 2. The number of rotatable bonds is 3. The van der Waals surface area contributed by atoms with Gasteiger partial charge in [-0.15, -0.1) is 0 Å². The summed E-state index contributed by atoms with van der Waals surface area (Å²) in [6, 6.07) is 5.50. The number of hydrogen-bond donors (Lipinski definition) is 1. The largest absolute Gasteiger partial charge is 0.497 e. The summed E-state index contributed by atoms with van der Waals surface area (Å²) in [5.41, 5.74) is 1.15. The van der Waals surface area contributed by atoms with Gasteiger partial charge in [0.25, 0.3) is 0 Å². The Hall–Kier alpha value is -2.08. The van der Waals surface area contributed by atoms with Crippen molar-refractivity contribution in [3.8, 4) is 5.75 Å². The van der Waals surface area contributed by atoms with E-state index in [1.807, 2.05) is 18.2 Å². The quantitative estimate of drug-likeness (QED) is 0.876. The van der Waals surface area contributed by atoms with Gasteiger partial charge in [0.05, 0.1) is 12.6 Å². The first-order chi connectivity index (χ1) is 10.7. The lowest BCUT2D eigenvalue weighted by Crippen LogP contribution is -2.51. The van der Waals surface area contributed by atoms with E-state index in [4.69, 9.17) is 9.47 Å². The van der Waals surface area contributed by atoms with Crippen LogP contribution in [0.25, 0.3) is 10.9 Å². The minimum atomic E-state index is -0.349. The number of aromatic nitrogens is 2. The fraction of sp³-hybridized carbons (Fsp3) is 0.500. The molecule has 1 N–H and O–H groups in total. The van der Waals surface area contributed by atoms with Gasteiger partial charge in [0.15, 0.2) is 5.69 Å². The van der Waals surface area contributed by atoms with Crippen molar-refractivity contribution in [2.24, 2.45) is 5.92 Å². The third kappa shape index (κ3) is 2.23. The number of esters is 1. The Morgan fingerprint density at radius 3 is 2.86 bits per heavy atom. The highest BCUT2D eigenvalue weighted by atomic mass is 16.5. The van der Waals surface area contributed by atoms with E-state index in [0.29, 0.717) is 17.4 Å². The van der Waals surface area contributed by atoms with Crippen LogP contribution in [-0.2, 0) is 4.74 Å². The van der Waals surface area contributed by atoms with Crippen LogP contribution in [0.5, 0.6) is 5.75 Å². The first-order valence-corrected chi connectivity index (χ1v) is 7.70. The molecule has 1 atom stereocenters. The molecule has 6 heteroatoms. The maximum atomic E-state index is 12.5. The molecule has 3 aliphatic rings. The minimum absolute atomic E-state index is 0.00708. The molecule has 0 saturated carbocycles. The minimum Gasteiger partial charge on any atom is -0.497 e. The van der Waals surface area contributed by atoms with Crippen LogP contribution in [0.2, 0.25) is 0 Å². The average molecular weight is 301 g/mol. The number of nitrogens with zero attached hydrogens (tertiary/aromatic N) is 2. The van der Waals surface area contributed by atoms with Crippen LogP contribution in [0.3, 0.4) is 0 Å². The maximum absolute atomic E-state index is 12.5. The van der Waals surface area contributed by atoms with Crippen molar-refractivity contribution in [3.63, 3.8) is 0 Å². The third-order valence-corrected chi connectivity index (χ3v) is 4.82. The van der Waals surface area contributed by atoms with Gasteiger partial charge in [0.1, 0.15) is 11.9 Å². The highest BCUT2D eigenvalue weighted by Crippen LogP contribution is 2.30. The molecule has 0 unspecified atom stereocenters. The van der Waals surface area contributed by atoms with Gasteiger partial charge in [-0.25, -0.2) is 4.79 Å². The lowest BCUT2D eigenvalue weighted by atomic mass is 9.86.